The molecule has 0 heterocycles. The molecule has 0 atom stereocenters. The summed E-state index contributed by atoms with van der Waals surface area (Å²) >= 11 is 0. The molecular weight excluding hydrogens is 309 g/mol. The van der Waals surface area contributed by atoms with Gasteiger partial charge in [-0.05, 0) is 20.8 Å². The SMILES string of the molecule is Cc1ccccc1.Cc1ccccc1.Cc1ccccc1.[F-].[F-].[F-]. The molecule has 132 valence electrons. The van der Waals surface area contributed by atoms with Crippen LogP contribution < -0.4 is 14.1 Å². The molecule has 3 heteroatoms. The van der Waals surface area contributed by atoms with Gasteiger partial charge in [-0.25, -0.2) is 0 Å². The quantitative estimate of drug-likeness (QED) is 0.411. The van der Waals surface area contributed by atoms with Gasteiger partial charge in [0.05, 0.1) is 0 Å². The van der Waals surface area contributed by atoms with E-state index in [0.717, 1.165) is 0 Å². The van der Waals surface area contributed by atoms with Gasteiger partial charge in [0.25, 0.3) is 0 Å². The highest BCUT2D eigenvalue weighted by molar-refractivity contribution is 5.12. The van der Waals surface area contributed by atoms with E-state index >= 15 is 0 Å². The van der Waals surface area contributed by atoms with Gasteiger partial charge in [0.15, 0.2) is 0 Å². The van der Waals surface area contributed by atoms with E-state index in [9.17, 15) is 0 Å². The summed E-state index contributed by atoms with van der Waals surface area (Å²) in [6.07, 6.45) is 0. The van der Waals surface area contributed by atoms with Crippen LogP contribution in [0.5, 0.6) is 0 Å². The van der Waals surface area contributed by atoms with E-state index < -0.39 is 0 Å². The molecule has 0 aliphatic carbocycles. The Morgan fingerprint density at radius 3 is 0.583 bits per heavy atom. The van der Waals surface area contributed by atoms with E-state index in [4.69, 9.17) is 0 Å². The summed E-state index contributed by atoms with van der Waals surface area (Å²) < 4.78 is 0. The molecule has 3 rings (SSSR count). The van der Waals surface area contributed by atoms with Crippen molar-refractivity contribution < 1.29 is 14.1 Å². The Bertz CT molecular complexity index is 492. The van der Waals surface area contributed by atoms with Crippen molar-refractivity contribution in [2.24, 2.45) is 0 Å². The van der Waals surface area contributed by atoms with E-state index in [1.165, 1.54) is 16.7 Å². The minimum absolute atomic E-state index is 0. The summed E-state index contributed by atoms with van der Waals surface area (Å²) in [5.74, 6) is 0. The standard InChI is InChI=1S/3C7H8.3FH/c3*1-7-5-3-2-4-6-7;;;/h3*2-6H,1H3;3*1H/p-3. The van der Waals surface area contributed by atoms with Gasteiger partial charge in [0.1, 0.15) is 0 Å². The maximum absolute atomic E-state index is 2.08. The van der Waals surface area contributed by atoms with E-state index in [1.54, 1.807) is 0 Å². The summed E-state index contributed by atoms with van der Waals surface area (Å²) in [5.41, 5.74) is 3.97. The summed E-state index contributed by atoms with van der Waals surface area (Å²) in [5, 5.41) is 0. The number of halogens is 3. The smallest absolute Gasteiger partial charge is 0.0398 e. The Balaban J connectivity index is -0.000000259. The third kappa shape index (κ3) is 14.4. The molecule has 0 aromatic heterocycles. The molecule has 0 nitrogen and oxygen atoms in total. The molecule has 0 saturated carbocycles. The molecule has 3 aromatic carbocycles. The molecule has 3 aromatic rings. The molecule has 0 aliphatic rings. The number of hydrogen-bond donors (Lipinski definition) is 0. The number of benzene rings is 3. The zero-order chi connectivity index (χ0) is 15.3. The number of hydrogen-bond acceptors (Lipinski definition) is 0. The lowest BCUT2D eigenvalue weighted by Crippen LogP contribution is -3.00. The summed E-state index contributed by atoms with van der Waals surface area (Å²) in [7, 11) is 0. The molecule has 0 spiro atoms. The molecule has 0 unspecified atom stereocenters. The van der Waals surface area contributed by atoms with Crippen molar-refractivity contribution in [2.75, 3.05) is 0 Å². The first-order valence-corrected chi connectivity index (χ1v) is 7.23. The fraction of sp³-hybridized carbons (Fsp3) is 0.143. The van der Waals surface area contributed by atoms with Crippen molar-refractivity contribution in [3.63, 3.8) is 0 Å². The van der Waals surface area contributed by atoms with Crippen LogP contribution in [0.25, 0.3) is 0 Å². The topological polar surface area (TPSA) is 0 Å². The van der Waals surface area contributed by atoms with Crippen LogP contribution in [0, 0.1) is 20.8 Å². The zero-order valence-electron chi connectivity index (χ0n) is 14.3. The van der Waals surface area contributed by atoms with Gasteiger partial charge in [-0.3, -0.25) is 0 Å². The third-order valence-electron chi connectivity index (χ3n) is 2.82. The molecule has 0 bridgehead atoms. The first-order valence-electron chi connectivity index (χ1n) is 7.23. The first-order chi connectivity index (χ1) is 10.2. The predicted molar refractivity (Wildman–Crippen MR) is 93.5 cm³/mol. The van der Waals surface area contributed by atoms with Gasteiger partial charge in [0.2, 0.25) is 0 Å². The highest BCUT2D eigenvalue weighted by Crippen LogP contribution is 1.93. The lowest BCUT2D eigenvalue weighted by Gasteiger charge is -1.82. The second-order valence-corrected chi connectivity index (χ2v) is 4.96. The van der Waals surface area contributed by atoms with E-state index in [1.807, 2.05) is 54.6 Å². The third-order valence-corrected chi connectivity index (χ3v) is 2.82. The highest BCUT2D eigenvalue weighted by Gasteiger charge is 1.73. The maximum Gasteiger partial charge on any atom is -0.0398 e. The van der Waals surface area contributed by atoms with Gasteiger partial charge < -0.3 is 14.1 Å². The van der Waals surface area contributed by atoms with Gasteiger partial charge in [-0.2, -0.15) is 0 Å². The molecule has 0 radical (unpaired) electrons. The van der Waals surface area contributed by atoms with E-state index in [-0.39, 0.29) is 14.1 Å². The fourth-order valence-electron chi connectivity index (χ4n) is 1.60. The summed E-state index contributed by atoms with van der Waals surface area (Å²) in [4.78, 5) is 0. The zero-order valence-corrected chi connectivity index (χ0v) is 14.3. The number of aryl methyl sites for hydroxylation is 3. The van der Waals surface area contributed by atoms with Crippen LogP contribution in [-0.4, -0.2) is 0 Å². The number of rotatable bonds is 0. The van der Waals surface area contributed by atoms with Crippen molar-refractivity contribution in [1.29, 1.82) is 0 Å². The van der Waals surface area contributed by atoms with E-state index in [2.05, 4.69) is 57.2 Å². The average Bonchev–Trinajstić information content (AvgIpc) is 2.51. The van der Waals surface area contributed by atoms with E-state index in [0.29, 0.717) is 0 Å². The van der Waals surface area contributed by atoms with Crippen LogP contribution in [0.2, 0.25) is 0 Å². The highest BCUT2D eigenvalue weighted by atomic mass is 19.0. The maximum atomic E-state index is 2.08. The average molecular weight is 333 g/mol. The largest absolute Gasteiger partial charge is 1.00 e. The van der Waals surface area contributed by atoms with Crippen molar-refractivity contribution in [2.45, 2.75) is 20.8 Å². The Morgan fingerprint density at radius 1 is 0.333 bits per heavy atom. The second kappa shape index (κ2) is 16.8. The van der Waals surface area contributed by atoms with Gasteiger partial charge >= 0.3 is 0 Å². The normalized spacial score (nSPS) is 7.62. The van der Waals surface area contributed by atoms with Crippen LogP contribution >= 0.6 is 0 Å². The van der Waals surface area contributed by atoms with Gasteiger partial charge in [0, 0.05) is 0 Å². The van der Waals surface area contributed by atoms with Crippen molar-refractivity contribution >= 4 is 0 Å². The van der Waals surface area contributed by atoms with Crippen molar-refractivity contribution in [3.8, 4) is 0 Å². The summed E-state index contributed by atoms with van der Waals surface area (Å²) in [6, 6.07) is 30.8. The Labute approximate surface area is 143 Å². The molecule has 0 N–H and O–H groups in total. The van der Waals surface area contributed by atoms with Crippen molar-refractivity contribution in [1.82, 2.24) is 0 Å². The minimum Gasteiger partial charge on any atom is -1.00 e. The first kappa shape index (κ1) is 26.4. The molecule has 0 amide bonds. The molecule has 0 saturated heterocycles. The predicted octanol–water partition coefficient (Wildman–Crippen LogP) is -3.00. The monoisotopic (exact) mass is 333 g/mol. The van der Waals surface area contributed by atoms with Crippen LogP contribution in [0.15, 0.2) is 91.0 Å². The molecule has 0 aliphatic heterocycles. The second-order valence-electron chi connectivity index (χ2n) is 4.96. The van der Waals surface area contributed by atoms with Gasteiger partial charge in [-0.15, -0.1) is 0 Å². The lowest BCUT2D eigenvalue weighted by molar-refractivity contribution is -0.00100. The van der Waals surface area contributed by atoms with Crippen molar-refractivity contribution in [3.05, 3.63) is 108 Å². The van der Waals surface area contributed by atoms with Crippen LogP contribution in [0.3, 0.4) is 0 Å². The Hall–Kier alpha value is -2.55. The molecule has 24 heavy (non-hydrogen) atoms. The molecular formula is C21H24F3-3. The molecule has 0 fully saturated rings. The van der Waals surface area contributed by atoms with Crippen LogP contribution in [0.4, 0.5) is 0 Å². The Morgan fingerprint density at radius 2 is 0.500 bits per heavy atom. The summed E-state index contributed by atoms with van der Waals surface area (Å²) in [6.45, 7) is 6.25. The minimum atomic E-state index is 0. The lowest BCUT2D eigenvalue weighted by atomic mass is 10.2. The van der Waals surface area contributed by atoms with Crippen LogP contribution in [-0.2, 0) is 0 Å². The van der Waals surface area contributed by atoms with Gasteiger partial charge in [-0.1, -0.05) is 108 Å². The van der Waals surface area contributed by atoms with Crippen LogP contribution in [0.1, 0.15) is 16.7 Å². The Kier molecular flexibility index (Phi) is 18.5. The fourth-order valence-corrected chi connectivity index (χ4v) is 1.60.